The van der Waals surface area contributed by atoms with Crippen molar-refractivity contribution in [2.24, 2.45) is 0 Å². The van der Waals surface area contributed by atoms with Gasteiger partial charge in [-0.3, -0.25) is 9.59 Å². The lowest BCUT2D eigenvalue weighted by atomic mass is 10.1. The second kappa shape index (κ2) is 6.73. The average molecular weight is 403 g/mol. The van der Waals surface area contributed by atoms with Crippen LogP contribution in [-0.2, 0) is 23.9 Å². The Kier molecular flexibility index (Phi) is 4.33. The molecule has 0 aliphatic heterocycles. The molecule has 0 atom stereocenters. The summed E-state index contributed by atoms with van der Waals surface area (Å²) in [4.78, 5) is 27.9. The first-order chi connectivity index (χ1) is 13.7. The fourth-order valence-electron chi connectivity index (χ4n) is 3.03. The van der Waals surface area contributed by atoms with Crippen LogP contribution in [-0.4, -0.2) is 25.8 Å². The van der Waals surface area contributed by atoms with Gasteiger partial charge in [0.2, 0.25) is 5.89 Å². The van der Waals surface area contributed by atoms with E-state index in [-0.39, 0.29) is 34.6 Å². The second-order valence-corrected chi connectivity index (χ2v) is 6.31. The minimum atomic E-state index is -4.52. The van der Waals surface area contributed by atoms with E-state index in [9.17, 15) is 22.8 Å². The van der Waals surface area contributed by atoms with Gasteiger partial charge in [-0.2, -0.15) is 18.3 Å². The average Bonchev–Trinajstić information content (AvgIpc) is 3.06. The Morgan fingerprint density at radius 3 is 2.55 bits per heavy atom. The van der Waals surface area contributed by atoms with Crippen LogP contribution in [0.4, 0.5) is 13.2 Å². The van der Waals surface area contributed by atoms with Crippen LogP contribution in [0.1, 0.15) is 17.1 Å². The van der Waals surface area contributed by atoms with E-state index >= 15 is 0 Å². The number of alkyl halides is 3. The van der Waals surface area contributed by atoms with E-state index in [4.69, 9.17) is 9.52 Å². The number of aromatic nitrogens is 3. The first-order valence-corrected chi connectivity index (χ1v) is 8.39. The zero-order chi connectivity index (χ0) is 20.8. The van der Waals surface area contributed by atoms with E-state index in [1.165, 1.54) is 0 Å². The maximum atomic E-state index is 12.9. The molecular weight excluding hydrogens is 391 g/mol. The minimum absolute atomic E-state index is 0.00516. The van der Waals surface area contributed by atoms with Crippen LogP contribution in [0.25, 0.3) is 21.9 Å². The molecule has 0 unspecified atom stereocenters. The third kappa shape index (κ3) is 3.56. The van der Waals surface area contributed by atoms with Crippen LogP contribution in [0.2, 0.25) is 0 Å². The molecule has 2 aromatic carbocycles. The molecule has 0 bridgehead atoms. The number of hydrogen-bond acceptors (Lipinski definition) is 5. The van der Waals surface area contributed by atoms with E-state index in [1.807, 2.05) is 0 Å². The number of halogens is 3. The number of benzene rings is 2. The summed E-state index contributed by atoms with van der Waals surface area (Å²) < 4.78 is 45.0. The molecule has 0 radical (unpaired) electrons. The van der Waals surface area contributed by atoms with Gasteiger partial charge in [0.25, 0.3) is 5.56 Å². The number of carbonyl (C=O) groups is 1. The number of carboxylic acid groups (broad SMARTS) is 1. The number of carboxylic acids is 1. The van der Waals surface area contributed by atoms with E-state index < -0.39 is 29.7 Å². The minimum Gasteiger partial charge on any atom is -0.481 e. The van der Waals surface area contributed by atoms with E-state index in [0.717, 1.165) is 22.9 Å². The highest BCUT2D eigenvalue weighted by molar-refractivity contribution is 5.86. The smallest absolute Gasteiger partial charge is 0.416 e. The van der Waals surface area contributed by atoms with Gasteiger partial charge in [0.05, 0.1) is 23.1 Å². The Bertz CT molecular complexity index is 1310. The molecule has 10 heteroatoms. The summed E-state index contributed by atoms with van der Waals surface area (Å²) in [6, 6.07) is 9.33. The first kappa shape index (κ1) is 18.7. The van der Waals surface area contributed by atoms with Gasteiger partial charge in [0, 0.05) is 5.39 Å². The number of nitrogens with zero attached hydrogens (tertiary/aromatic N) is 3. The van der Waals surface area contributed by atoms with Crippen LogP contribution in [0.3, 0.4) is 0 Å². The van der Waals surface area contributed by atoms with Crippen LogP contribution in [0.15, 0.2) is 51.7 Å². The molecule has 2 aromatic heterocycles. The van der Waals surface area contributed by atoms with Crippen molar-refractivity contribution in [2.75, 3.05) is 0 Å². The summed E-state index contributed by atoms with van der Waals surface area (Å²) in [5.74, 6) is -1.14. The third-order valence-corrected chi connectivity index (χ3v) is 4.31. The Morgan fingerprint density at radius 1 is 1.14 bits per heavy atom. The molecule has 0 saturated heterocycles. The summed E-state index contributed by atoms with van der Waals surface area (Å²) in [5.41, 5.74) is -1.05. The van der Waals surface area contributed by atoms with Crippen LogP contribution in [0.5, 0.6) is 0 Å². The summed E-state index contributed by atoms with van der Waals surface area (Å²) in [7, 11) is 0. The fourth-order valence-corrected chi connectivity index (χ4v) is 3.03. The van der Waals surface area contributed by atoms with E-state index in [0.29, 0.717) is 5.39 Å². The van der Waals surface area contributed by atoms with Crippen molar-refractivity contribution >= 4 is 27.8 Å². The summed E-state index contributed by atoms with van der Waals surface area (Å²) in [6.07, 6.45) is -4.92. The highest BCUT2D eigenvalue weighted by Gasteiger charge is 2.31. The predicted octanol–water partition coefficient (Wildman–Crippen LogP) is 3.23. The van der Waals surface area contributed by atoms with Gasteiger partial charge < -0.3 is 9.52 Å². The van der Waals surface area contributed by atoms with Gasteiger partial charge >= 0.3 is 12.1 Å². The van der Waals surface area contributed by atoms with Gasteiger partial charge in [-0.25, -0.2) is 9.67 Å². The Labute approximate surface area is 160 Å². The highest BCUT2D eigenvalue weighted by Crippen LogP contribution is 2.31. The van der Waals surface area contributed by atoms with Gasteiger partial charge in [0.1, 0.15) is 12.1 Å². The molecular formula is C19H12F3N3O4. The molecule has 0 saturated carbocycles. The molecule has 0 aliphatic rings. The summed E-state index contributed by atoms with van der Waals surface area (Å²) in [6.45, 7) is -0.258. The highest BCUT2D eigenvalue weighted by atomic mass is 19.4. The number of fused-ring (bicyclic) bond motifs is 2. The molecule has 1 N–H and O–H groups in total. The number of rotatable bonds is 4. The van der Waals surface area contributed by atoms with E-state index in [1.54, 1.807) is 24.3 Å². The number of hydrogen-bond donors (Lipinski definition) is 1. The molecule has 0 aliphatic carbocycles. The second-order valence-electron chi connectivity index (χ2n) is 6.31. The predicted molar refractivity (Wildman–Crippen MR) is 95.5 cm³/mol. The van der Waals surface area contributed by atoms with Crippen molar-refractivity contribution in [1.82, 2.24) is 14.8 Å². The monoisotopic (exact) mass is 403 g/mol. The standard InChI is InChI=1S/C19H12F3N3O4/c20-19(21,22)10-5-6-15-14(7-10)23-16(29-15)9-25-18(28)12-4-2-1-3-11(12)13(24-25)8-17(26)27/h1-7H,8-9H2,(H,26,27). The molecule has 4 rings (SSSR count). The van der Waals surface area contributed by atoms with E-state index in [2.05, 4.69) is 10.1 Å². The molecule has 0 amide bonds. The number of aliphatic carboxylic acids is 1. The molecule has 7 nitrogen and oxygen atoms in total. The van der Waals surface area contributed by atoms with Crippen molar-refractivity contribution in [3.05, 3.63) is 70.0 Å². The van der Waals surface area contributed by atoms with Crippen molar-refractivity contribution in [1.29, 1.82) is 0 Å². The van der Waals surface area contributed by atoms with Crippen molar-refractivity contribution < 1.29 is 27.5 Å². The van der Waals surface area contributed by atoms with Crippen LogP contribution < -0.4 is 5.56 Å². The quantitative estimate of drug-likeness (QED) is 0.562. The normalized spacial score (nSPS) is 12.0. The summed E-state index contributed by atoms with van der Waals surface area (Å²) in [5, 5.41) is 13.9. The van der Waals surface area contributed by atoms with Gasteiger partial charge in [-0.15, -0.1) is 0 Å². The maximum Gasteiger partial charge on any atom is 0.416 e. The van der Waals surface area contributed by atoms with Crippen LogP contribution in [0, 0.1) is 0 Å². The molecule has 4 aromatic rings. The molecule has 148 valence electrons. The Hall–Kier alpha value is -3.69. The molecule has 29 heavy (non-hydrogen) atoms. The lowest BCUT2D eigenvalue weighted by molar-refractivity contribution is -0.138. The van der Waals surface area contributed by atoms with Gasteiger partial charge in [-0.05, 0) is 24.3 Å². The van der Waals surface area contributed by atoms with Crippen molar-refractivity contribution in [3.8, 4) is 0 Å². The SMILES string of the molecule is O=C(O)Cc1nn(Cc2nc3cc(C(F)(F)F)ccc3o2)c(=O)c2ccccc12. The topological polar surface area (TPSA) is 98.2 Å². The van der Waals surface area contributed by atoms with Crippen LogP contribution >= 0.6 is 0 Å². The lowest BCUT2D eigenvalue weighted by Gasteiger charge is -2.08. The van der Waals surface area contributed by atoms with Crippen molar-refractivity contribution in [2.45, 2.75) is 19.1 Å². The fraction of sp³-hybridized carbons (Fsp3) is 0.158. The molecule has 0 spiro atoms. The Balaban J connectivity index is 1.78. The first-order valence-electron chi connectivity index (χ1n) is 8.39. The zero-order valence-electron chi connectivity index (χ0n) is 14.6. The molecule has 2 heterocycles. The summed E-state index contributed by atoms with van der Waals surface area (Å²) >= 11 is 0. The van der Waals surface area contributed by atoms with Gasteiger partial charge in [-0.1, -0.05) is 18.2 Å². The van der Waals surface area contributed by atoms with Gasteiger partial charge in [0.15, 0.2) is 5.58 Å². The third-order valence-electron chi connectivity index (χ3n) is 4.31. The van der Waals surface area contributed by atoms with Crippen molar-refractivity contribution in [3.63, 3.8) is 0 Å². The molecule has 0 fully saturated rings. The zero-order valence-corrected chi connectivity index (χ0v) is 14.6. The largest absolute Gasteiger partial charge is 0.481 e. The lowest BCUT2D eigenvalue weighted by Crippen LogP contribution is -2.26. The Morgan fingerprint density at radius 2 is 1.86 bits per heavy atom. The number of oxazole rings is 1. The maximum absolute atomic E-state index is 12.9.